The van der Waals surface area contributed by atoms with Crippen LogP contribution in [0.2, 0.25) is 0 Å². The Hall–Kier alpha value is -2.26. The Kier molecular flexibility index (Phi) is 7.11. The van der Waals surface area contributed by atoms with E-state index in [-0.39, 0.29) is 6.10 Å². The first-order valence-corrected chi connectivity index (χ1v) is 11.7. The molecule has 1 aliphatic heterocycles. The highest BCUT2D eigenvalue weighted by atomic mass is 16.5. The Morgan fingerprint density at radius 2 is 1.87 bits per heavy atom. The summed E-state index contributed by atoms with van der Waals surface area (Å²) in [7, 11) is 0. The normalized spacial score (nSPS) is 23.2. The van der Waals surface area contributed by atoms with Gasteiger partial charge in [-0.1, -0.05) is 67.5 Å². The fourth-order valence-electron chi connectivity index (χ4n) is 4.77. The summed E-state index contributed by atoms with van der Waals surface area (Å²) in [6, 6.07) is 9.70. The van der Waals surface area contributed by atoms with E-state index in [1.807, 2.05) is 0 Å². The van der Waals surface area contributed by atoms with Crippen molar-refractivity contribution in [2.75, 3.05) is 6.54 Å². The van der Waals surface area contributed by atoms with Crippen LogP contribution in [0.4, 0.5) is 0 Å². The van der Waals surface area contributed by atoms with Gasteiger partial charge in [-0.2, -0.15) is 0 Å². The van der Waals surface area contributed by atoms with Gasteiger partial charge in [0.15, 0.2) is 0 Å². The number of allylic oxidation sites excluding steroid dienone is 4. The number of benzene rings is 1. The van der Waals surface area contributed by atoms with Crippen LogP contribution in [-0.2, 0) is 11.3 Å². The van der Waals surface area contributed by atoms with Crippen LogP contribution in [0.1, 0.15) is 56.6 Å². The molecule has 1 aromatic rings. The third-order valence-corrected chi connectivity index (χ3v) is 6.46. The molecule has 1 saturated heterocycles. The average molecular weight is 405 g/mol. The fraction of sp³-hybridized carbons (Fsp3) is 0.481. The zero-order valence-corrected chi connectivity index (χ0v) is 18.5. The van der Waals surface area contributed by atoms with Crippen LogP contribution in [0.25, 0.3) is 0 Å². The number of aryl methyl sites for hydroxylation is 1. The first kappa shape index (κ1) is 21.0. The average Bonchev–Trinajstić information content (AvgIpc) is 2.79. The van der Waals surface area contributed by atoms with E-state index in [1.165, 1.54) is 42.5 Å². The van der Waals surface area contributed by atoms with Gasteiger partial charge >= 0.3 is 0 Å². The van der Waals surface area contributed by atoms with Gasteiger partial charge in [0.25, 0.3) is 0 Å². The van der Waals surface area contributed by atoms with E-state index in [0.29, 0.717) is 12.1 Å². The summed E-state index contributed by atoms with van der Waals surface area (Å²) >= 11 is 0. The van der Waals surface area contributed by atoms with Crippen molar-refractivity contribution >= 4 is 0 Å². The molecule has 0 aromatic heterocycles. The van der Waals surface area contributed by atoms with Gasteiger partial charge in [-0.3, -0.25) is 0 Å². The summed E-state index contributed by atoms with van der Waals surface area (Å²) in [5, 5.41) is 3.61. The number of hydrogen-bond acceptors (Lipinski definition) is 3. The third-order valence-electron chi connectivity index (χ3n) is 6.46. The number of nitrogens with zero attached hydrogens (tertiary/aromatic N) is 1. The van der Waals surface area contributed by atoms with E-state index in [1.54, 1.807) is 0 Å². The molecule has 0 saturated carbocycles. The van der Waals surface area contributed by atoms with Crippen molar-refractivity contribution in [2.45, 2.75) is 77.1 Å². The van der Waals surface area contributed by atoms with Gasteiger partial charge in [0.2, 0.25) is 0 Å². The lowest BCUT2D eigenvalue weighted by atomic mass is 9.93. The summed E-state index contributed by atoms with van der Waals surface area (Å²) in [5.74, 6) is 1.10. The molecule has 2 unspecified atom stereocenters. The Labute approximate surface area is 182 Å². The van der Waals surface area contributed by atoms with Crippen molar-refractivity contribution in [3.8, 4) is 0 Å². The Bertz CT molecular complexity index is 818. The van der Waals surface area contributed by atoms with Crippen LogP contribution in [0.15, 0.2) is 72.2 Å². The monoisotopic (exact) mass is 404 g/mol. The van der Waals surface area contributed by atoms with Crippen molar-refractivity contribution in [1.29, 1.82) is 0 Å². The molecule has 1 N–H and O–H groups in total. The molecule has 3 atom stereocenters. The maximum absolute atomic E-state index is 6.33. The van der Waals surface area contributed by atoms with Crippen LogP contribution in [0, 0.1) is 6.92 Å². The predicted molar refractivity (Wildman–Crippen MR) is 125 cm³/mol. The molecule has 3 aliphatic rings. The Morgan fingerprint density at radius 3 is 2.70 bits per heavy atom. The van der Waals surface area contributed by atoms with Crippen LogP contribution < -0.4 is 5.32 Å². The fourth-order valence-corrected chi connectivity index (χ4v) is 4.77. The zero-order chi connectivity index (χ0) is 20.8. The van der Waals surface area contributed by atoms with Crippen molar-refractivity contribution < 1.29 is 4.74 Å². The maximum atomic E-state index is 6.33. The molecule has 3 heteroatoms. The summed E-state index contributed by atoms with van der Waals surface area (Å²) in [6.45, 7) is 6.51. The number of hydrogen-bond donors (Lipinski definition) is 1. The summed E-state index contributed by atoms with van der Waals surface area (Å²) in [4.78, 5) is 2.67. The second kappa shape index (κ2) is 10.2. The molecule has 0 spiro atoms. The molecule has 4 rings (SSSR count). The van der Waals surface area contributed by atoms with Crippen molar-refractivity contribution in [3.05, 3.63) is 83.3 Å². The molecule has 0 amide bonds. The molecular weight excluding hydrogens is 368 g/mol. The van der Waals surface area contributed by atoms with Gasteiger partial charge in [0, 0.05) is 12.6 Å². The molecule has 3 nitrogen and oxygen atoms in total. The standard InChI is InChI=1S/C27H36N2O/c1-3-23(10-8-9-19-28-20-22-17-15-21(2)16-18-22)29-24-11-4-6-13-26(24)30-27-14-7-5-12-25(27)29/h4,6,11-18,23-24,26,28H,3,5,7-10,19-20H2,1-2H3/t23-,24?,26?/m0/s1. The molecule has 1 fully saturated rings. The molecule has 160 valence electrons. The number of unbranched alkanes of at least 4 members (excludes halogenated alkanes) is 1. The van der Waals surface area contributed by atoms with Gasteiger partial charge < -0.3 is 15.0 Å². The SMILES string of the molecule is CC[C@@H](CCCCNCc1ccc(C)cc1)N1C2=CCCC=C2OC2C=CC=CC21. The van der Waals surface area contributed by atoms with Gasteiger partial charge in [0.1, 0.15) is 11.9 Å². The summed E-state index contributed by atoms with van der Waals surface area (Å²) in [5.41, 5.74) is 4.02. The number of nitrogens with one attached hydrogen (secondary N) is 1. The minimum absolute atomic E-state index is 0.140. The van der Waals surface area contributed by atoms with Gasteiger partial charge in [0.05, 0.1) is 11.7 Å². The highest BCUT2D eigenvalue weighted by molar-refractivity contribution is 5.36. The minimum Gasteiger partial charge on any atom is -0.482 e. The molecule has 30 heavy (non-hydrogen) atoms. The third kappa shape index (κ3) is 4.89. The van der Waals surface area contributed by atoms with Crippen LogP contribution in [0.3, 0.4) is 0 Å². The second-order valence-corrected chi connectivity index (χ2v) is 8.71. The number of fused-ring (bicyclic) bond motifs is 2. The zero-order valence-electron chi connectivity index (χ0n) is 18.5. The van der Waals surface area contributed by atoms with Crippen molar-refractivity contribution in [2.24, 2.45) is 0 Å². The molecule has 1 heterocycles. The molecule has 2 aliphatic carbocycles. The summed E-state index contributed by atoms with van der Waals surface area (Å²) < 4.78 is 6.33. The van der Waals surface area contributed by atoms with E-state index >= 15 is 0 Å². The lowest BCUT2D eigenvalue weighted by Gasteiger charge is -2.48. The minimum atomic E-state index is 0.140. The lowest BCUT2D eigenvalue weighted by molar-refractivity contribution is 0.0200. The molecule has 1 aromatic carbocycles. The number of morpholine rings is 1. The molecular formula is C27H36N2O. The predicted octanol–water partition coefficient (Wildman–Crippen LogP) is 5.79. The van der Waals surface area contributed by atoms with Crippen molar-refractivity contribution in [1.82, 2.24) is 10.2 Å². The van der Waals surface area contributed by atoms with Gasteiger partial charge in [-0.05, 0) is 63.3 Å². The highest BCUT2D eigenvalue weighted by Gasteiger charge is 2.39. The maximum Gasteiger partial charge on any atom is 0.141 e. The van der Waals surface area contributed by atoms with E-state index in [2.05, 4.69) is 84.8 Å². The Balaban J connectivity index is 1.30. The van der Waals surface area contributed by atoms with E-state index in [4.69, 9.17) is 4.74 Å². The topological polar surface area (TPSA) is 24.5 Å². The number of rotatable bonds is 9. The van der Waals surface area contributed by atoms with E-state index in [0.717, 1.165) is 31.7 Å². The van der Waals surface area contributed by atoms with Gasteiger partial charge in [-0.25, -0.2) is 0 Å². The largest absolute Gasteiger partial charge is 0.482 e. The second-order valence-electron chi connectivity index (χ2n) is 8.71. The number of ether oxygens (including phenoxy) is 1. The lowest BCUT2D eigenvalue weighted by Crippen LogP contribution is -2.52. The quantitative estimate of drug-likeness (QED) is 0.527. The first-order valence-electron chi connectivity index (χ1n) is 11.7. The van der Waals surface area contributed by atoms with Crippen LogP contribution >= 0.6 is 0 Å². The summed E-state index contributed by atoms with van der Waals surface area (Å²) in [6.07, 6.45) is 20.7. The van der Waals surface area contributed by atoms with Crippen LogP contribution in [-0.4, -0.2) is 29.6 Å². The van der Waals surface area contributed by atoms with Crippen LogP contribution in [0.5, 0.6) is 0 Å². The van der Waals surface area contributed by atoms with E-state index in [9.17, 15) is 0 Å². The first-order chi connectivity index (χ1) is 14.8. The molecule has 0 bridgehead atoms. The molecule has 0 radical (unpaired) electrons. The highest BCUT2D eigenvalue weighted by Crippen LogP contribution is 2.38. The Morgan fingerprint density at radius 1 is 1.07 bits per heavy atom. The van der Waals surface area contributed by atoms with Gasteiger partial charge in [-0.15, -0.1) is 0 Å². The van der Waals surface area contributed by atoms with E-state index < -0.39 is 0 Å². The van der Waals surface area contributed by atoms with Crippen molar-refractivity contribution in [3.63, 3.8) is 0 Å². The smallest absolute Gasteiger partial charge is 0.141 e.